The number of aliphatic imine (C=N–C) groups is 1. The zero-order valence-corrected chi connectivity index (χ0v) is 15.7. The Bertz CT molecular complexity index is 778. The average Bonchev–Trinajstić information content (AvgIpc) is 3.09. The highest BCUT2D eigenvalue weighted by atomic mass is 32.1. The van der Waals surface area contributed by atoms with Gasteiger partial charge in [-0.2, -0.15) is 13.2 Å². The number of aromatic hydroxyl groups is 1. The van der Waals surface area contributed by atoms with Crippen LogP contribution in [0.15, 0.2) is 28.6 Å². The lowest BCUT2D eigenvalue weighted by molar-refractivity contribution is -0.140. The van der Waals surface area contributed by atoms with E-state index in [0.717, 1.165) is 22.3 Å². The summed E-state index contributed by atoms with van der Waals surface area (Å²) >= 11 is 0.939. The van der Waals surface area contributed by atoms with Crippen molar-refractivity contribution in [2.75, 3.05) is 13.2 Å². The molecular formula is C17H21F3N4O2S. The number of rotatable bonds is 7. The SMILES string of the molecule is CCNC(=NCc1ccc(O)c(OCC)c1)NCc1nc(C(F)(F)F)cs1. The van der Waals surface area contributed by atoms with Gasteiger partial charge in [-0.25, -0.2) is 9.98 Å². The Hall–Kier alpha value is -2.49. The van der Waals surface area contributed by atoms with Gasteiger partial charge in [0.05, 0.1) is 19.7 Å². The van der Waals surface area contributed by atoms with Crippen molar-refractivity contribution < 1.29 is 23.0 Å². The van der Waals surface area contributed by atoms with Gasteiger partial charge in [0.15, 0.2) is 23.2 Å². The van der Waals surface area contributed by atoms with Crippen LogP contribution in [0.1, 0.15) is 30.1 Å². The first kappa shape index (κ1) is 20.8. The van der Waals surface area contributed by atoms with E-state index in [2.05, 4.69) is 20.6 Å². The largest absolute Gasteiger partial charge is 0.504 e. The van der Waals surface area contributed by atoms with Gasteiger partial charge in [0.1, 0.15) is 5.01 Å². The van der Waals surface area contributed by atoms with Gasteiger partial charge >= 0.3 is 6.18 Å². The number of aromatic nitrogens is 1. The predicted molar refractivity (Wildman–Crippen MR) is 98.0 cm³/mol. The number of thiazole rings is 1. The number of benzene rings is 1. The summed E-state index contributed by atoms with van der Waals surface area (Å²) in [6.45, 7) is 5.17. The van der Waals surface area contributed by atoms with Crippen molar-refractivity contribution in [1.82, 2.24) is 15.6 Å². The van der Waals surface area contributed by atoms with Gasteiger partial charge in [-0.1, -0.05) is 6.07 Å². The zero-order valence-electron chi connectivity index (χ0n) is 14.9. The molecule has 27 heavy (non-hydrogen) atoms. The molecule has 1 heterocycles. The molecule has 0 unspecified atom stereocenters. The van der Waals surface area contributed by atoms with Crippen LogP contribution in [-0.4, -0.2) is 29.2 Å². The topological polar surface area (TPSA) is 78.8 Å². The van der Waals surface area contributed by atoms with Crippen molar-refractivity contribution in [1.29, 1.82) is 0 Å². The second-order valence-corrected chi connectivity index (χ2v) is 6.35. The van der Waals surface area contributed by atoms with E-state index >= 15 is 0 Å². The van der Waals surface area contributed by atoms with E-state index in [1.807, 2.05) is 13.8 Å². The van der Waals surface area contributed by atoms with Crippen molar-refractivity contribution in [2.24, 2.45) is 4.99 Å². The van der Waals surface area contributed by atoms with Crippen molar-refractivity contribution in [3.05, 3.63) is 39.8 Å². The van der Waals surface area contributed by atoms with Crippen molar-refractivity contribution >= 4 is 17.3 Å². The highest BCUT2D eigenvalue weighted by Crippen LogP contribution is 2.30. The number of phenols is 1. The van der Waals surface area contributed by atoms with Gasteiger partial charge in [-0.15, -0.1) is 11.3 Å². The Morgan fingerprint density at radius 1 is 1.30 bits per heavy atom. The molecule has 1 aromatic heterocycles. The molecule has 0 amide bonds. The fourth-order valence-corrected chi connectivity index (χ4v) is 2.86. The first-order valence-corrected chi connectivity index (χ1v) is 9.20. The van der Waals surface area contributed by atoms with Gasteiger partial charge in [0.2, 0.25) is 0 Å². The minimum absolute atomic E-state index is 0.0545. The fraction of sp³-hybridized carbons (Fsp3) is 0.412. The highest BCUT2D eigenvalue weighted by Gasteiger charge is 2.33. The number of guanidine groups is 1. The first-order valence-electron chi connectivity index (χ1n) is 8.32. The van der Waals surface area contributed by atoms with Gasteiger partial charge < -0.3 is 20.5 Å². The Morgan fingerprint density at radius 3 is 2.70 bits per heavy atom. The van der Waals surface area contributed by atoms with Crippen LogP contribution in [0.5, 0.6) is 11.5 Å². The number of nitrogens with zero attached hydrogens (tertiary/aromatic N) is 2. The van der Waals surface area contributed by atoms with Crippen LogP contribution in [0.2, 0.25) is 0 Å². The molecule has 6 nitrogen and oxygen atoms in total. The van der Waals surface area contributed by atoms with Gasteiger partial charge in [0, 0.05) is 11.9 Å². The number of phenolic OH excluding ortho intramolecular Hbond substituents is 1. The molecule has 0 aliphatic carbocycles. The number of alkyl halides is 3. The fourth-order valence-electron chi connectivity index (χ4n) is 2.12. The van der Waals surface area contributed by atoms with Crippen LogP contribution >= 0.6 is 11.3 Å². The van der Waals surface area contributed by atoms with Gasteiger partial charge in [-0.05, 0) is 31.5 Å². The molecule has 0 spiro atoms. The van der Waals surface area contributed by atoms with Crippen molar-refractivity contribution in [3.8, 4) is 11.5 Å². The third kappa shape index (κ3) is 6.31. The molecule has 2 rings (SSSR count). The standard InChI is InChI=1S/C17H21F3N4O2S/c1-3-21-16(23-9-15-24-14(10-27-15)17(18,19)20)22-8-11-5-6-12(25)13(7-11)26-4-2/h5-7,10,25H,3-4,8-9H2,1-2H3,(H2,21,22,23). The second-order valence-electron chi connectivity index (χ2n) is 5.41. The summed E-state index contributed by atoms with van der Waals surface area (Å²) in [5.41, 5.74) is -0.0687. The number of ether oxygens (including phenoxy) is 1. The van der Waals surface area contributed by atoms with Crippen LogP contribution in [0, 0.1) is 0 Å². The lowest BCUT2D eigenvalue weighted by Crippen LogP contribution is -2.36. The molecule has 0 aliphatic heterocycles. The Morgan fingerprint density at radius 2 is 2.07 bits per heavy atom. The molecule has 3 N–H and O–H groups in total. The normalized spacial score (nSPS) is 12.1. The Kier molecular flexibility index (Phi) is 7.28. The number of hydrogen-bond acceptors (Lipinski definition) is 5. The van der Waals surface area contributed by atoms with E-state index in [1.54, 1.807) is 12.1 Å². The summed E-state index contributed by atoms with van der Waals surface area (Å²) in [5.74, 6) is 0.886. The third-order valence-electron chi connectivity index (χ3n) is 3.34. The Balaban J connectivity index is 2.02. The monoisotopic (exact) mass is 402 g/mol. The molecule has 0 fully saturated rings. The number of hydrogen-bond donors (Lipinski definition) is 3. The summed E-state index contributed by atoms with van der Waals surface area (Å²) < 4.78 is 43.2. The van der Waals surface area contributed by atoms with Crippen molar-refractivity contribution in [3.63, 3.8) is 0 Å². The zero-order chi connectivity index (χ0) is 19.9. The Labute approximate surface area is 159 Å². The maximum Gasteiger partial charge on any atom is 0.434 e. The summed E-state index contributed by atoms with van der Waals surface area (Å²) in [4.78, 5) is 7.97. The smallest absolute Gasteiger partial charge is 0.434 e. The molecule has 0 radical (unpaired) electrons. The van der Waals surface area contributed by atoms with Crippen molar-refractivity contribution in [2.45, 2.75) is 33.1 Å². The van der Waals surface area contributed by atoms with Gasteiger partial charge in [-0.3, -0.25) is 0 Å². The molecule has 0 aliphatic rings. The van der Waals surface area contributed by atoms with Crippen LogP contribution < -0.4 is 15.4 Å². The van der Waals surface area contributed by atoms with E-state index in [1.165, 1.54) is 6.07 Å². The van der Waals surface area contributed by atoms with Crippen LogP contribution in [0.4, 0.5) is 13.2 Å². The average molecular weight is 402 g/mol. The lowest BCUT2D eigenvalue weighted by atomic mass is 10.2. The second kappa shape index (κ2) is 9.45. The molecule has 0 atom stereocenters. The molecule has 10 heteroatoms. The molecule has 1 aromatic carbocycles. The van der Waals surface area contributed by atoms with Crippen LogP contribution in [0.3, 0.4) is 0 Å². The minimum atomic E-state index is -4.44. The lowest BCUT2D eigenvalue weighted by Gasteiger charge is -2.11. The maximum absolute atomic E-state index is 12.6. The number of halogens is 3. The number of nitrogens with one attached hydrogen (secondary N) is 2. The molecule has 0 saturated carbocycles. The first-order chi connectivity index (χ1) is 12.8. The van der Waals surface area contributed by atoms with E-state index < -0.39 is 11.9 Å². The molecule has 0 bridgehead atoms. The van der Waals surface area contributed by atoms with Crippen LogP contribution in [-0.2, 0) is 19.3 Å². The summed E-state index contributed by atoms with van der Waals surface area (Å²) in [6, 6.07) is 4.95. The molecule has 2 aromatic rings. The quantitative estimate of drug-likeness (QED) is 0.488. The maximum atomic E-state index is 12.6. The molecule has 148 valence electrons. The molecular weight excluding hydrogens is 381 g/mol. The molecule has 0 saturated heterocycles. The van der Waals surface area contributed by atoms with E-state index in [-0.39, 0.29) is 12.3 Å². The van der Waals surface area contributed by atoms with Gasteiger partial charge in [0.25, 0.3) is 0 Å². The highest BCUT2D eigenvalue weighted by molar-refractivity contribution is 7.09. The van der Waals surface area contributed by atoms with Crippen LogP contribution in [0.25, 0.3) is 0 Å². The van der Waals surface area contributed by atoms with E-state index in [9.17, 15) is 18.3 Å². The predicted octanol–water partition coefficient (Wildman–Crippen LogP) is 3.52. The summed E-state index contributed by atoms with van der Waals surface area (Å²) in [5, 5.41) is 17.0. The van der Waals surface area contributed by atoms with E-state index in [0.29, 0.717) is 36.4 Å². The summed E-state index contributed by atoms with van der Waals surface area (Å²) in [7, 11) is 0. The summed E-state index contributed by atoms with van der Waals surface area (Å²) in [6.07, 6.45) is -4.44. The van der Waals surface area contributed by atoms with E-state index in [4.69, 9.17) is 4.74 Å². The minimum Gasteiger partial charge on any atom is -0.504 e. The third-order valence-corrected chi connectivity index (χ3v) is 4.19.